The second kappa shape index (κ2) is 18.9. The monoisotopic (exact) mass is 627 g/mol. The lowest BCUT2D eigenvalue weighted by molar-refractivity contribution is -0.144. The van der Waals surface area contributed by atoms with E-state index in [0.717, 1.165) is 53.3 Å². The first-order valence-corrected chi connectivity index (χ1v) is 14.0. The van der Waals surface area contributed by atoms with Crippen molar-refractivity contribution >= 4 is 28.0 Å². The van der Waals surface area contributed by atoms with E-state index in [1.54, 1.807) is 19.1 Å². The average Bonchev–Trinajstić information content (AvgIpc) is 3.42. The molecule has 0 spiro atoms. The Bertz CT molecular complexity index is 1140. The number of morpholine rings is 1. The van der Waals surface area contributed by atoms with Crippen molar-refractivity contribution in [2.45, 2.75) is 47.0 Å². The van der Waals surface area contributed by atoms with Crippen LogP contribution in [0.5, 0.6) is 0 Å². The molecule has 0 amide bonds. The minimum atomic E-state index is -4.58. The molecule has 13 heteroatoms. The van der Waals surface area contributed by atoms with E-state index in [9.17, 15) is 18.0 Å². The Hall–Kier alpha value is -3.32. The maximum atomic E-state index is 13.3. The number of hydrogen-bond donors (Lipinski definition) is 1. The minimum Gasteiger partial charge on any atom is -0.382 e. The topological polar surface area (TPSA) is 111 Å². The second-order valence-corrected chi connectivity index (χ2v) is 8.45. The molecule has 0 atom stereocenters. The van der Waals surface area contributed by atoms with Gasteiger partial charge in [-0.3, -0.25) is 4.79 Å². The van der Waals surface area contributed by atoms with Crippen LogP contribution < -0.4 is 10.6 Å². The van der Waals surface area contributed by atoms with Crippen molar-refractivity contribution in [3.8, 4) is 11.3 Å². The number of rotatable bonds is 9. The summed E-state index contributed by atoms with van der Waals surface area (Å²) in [5.41, 5.74) is 5.91. The SMILES string of the molecule is C/C=C(N)\N=N/Cn1nc(-c2ccc(N3CCOCC3)nc2)cc1C(F)(F)F.CC.CC/C=C\C(C=O)=C/CBr. The van der Waals surface area contributed by atoms with Crippen LogP contribution in [-0.2, 0) is 22.4 Å². The fraction of sp³-hybridized carbons (Fsp3) is 0.444. The summed E-state index contributed by atoms with van der Waals surface area (Å²) in [5, 5.41) is 12.0. The number of hydrogen-bond acceptors (Lipinski definition) is 8. The molecular weight excluding hydrogens is 591 g/mol. The van der Waals surface area contributed by atoms with Gasteiger partial charge < -0.3 is 15.4 Å². The van der Waals surface area contributed by atoms with Crippen LogP contribution in [0.4, 0.5) is 19.0 Å². The van der Waals surface area contributed by atoms with Gasteiger partial charge in [-0.15, -0.1) is 5.11 Å². The predicted octanol–water partition coefficient (Wildman–Crippen LogP) is 6.53. The number of allylic oxidation sites excluding steroid dienone is 5. The van der Waals surface area contributed by atoms with E-state index >= 15 is 0 Å². The number of aldehydes is 1. The fourth-order valence-corrected chi connectivity index (χ4v) is 3.51. The number of anilines is 1. The molecule has 0 aliphatic carbocycles. The molecule has 0 bridgehead atoms. The summed E-state index contributed by atoms with van der Waals surface area (Å²) in [6.07, 6.45) is 5.87. The van der Waals surface area contributed by atoms with E-state index < -0.39 is 18.5 Å². The molecule has 2 aromatic heterocycles. The highest BCUT2D eigenvalue weighted by Gasteiger charge is 2.36. The molecule has 0 aromatic carbocycles. The van der Waals surface area contributed by atoms with Crippen molar-refractivity contribution in [1.82, 2.24) is 14.8 Å². The Balaban J connectivity index is 0.000000565. The Kier molecular flexibility index (Phi) is 16.4. The van der Waals surface area contributed by atoms with Gasteiger partial charge in [0.05, 0.1) is 18.9 Å². The summed E-state index contributed by atoms with van der Waals surface area (Å²) in [5.74, 6) is 0.863. The van der Waals surface area contributed by atoms with Crippen molar-refractivity contribution in [2.75, 3.05) is 36.5 Å². The molecule has 9 nitrogen and oxygen atoms in total. The first-order chi connectivity index (χ1) is 19.2. The highest BCUT2D eigenvalue weighted by Crippen LogP contribution is 2.32. The smallest absolute Gasteiger partial charge is 0.382 e. The number of nitrogens with two attached hydrogens (primary N) is 1. The lowest BCUT2D eigenvalue weighted by Gasteiger charge is -2.27. The number of alkyl halides is 4. The fourth-order valence-electron chi connectivity index (χ4n) is 3.14. The first-order valence-electron chi connectivity index (χ1n) is 12.8. The van der Waals surface area contributed by atoms with Crippen molar-refractivity contribution < 1.29 is 22.7 Å². The third-order valence-corrected chi connectivity index (χ3v) is 5.45. The molecule has 0 saturated carbocycles. The molecule has 2 aromatic rings. The van der Waals surface area contributed by atoms with Crippen molar-refractivity contribution in [1.29, 1.82) is 0 Å². The maximum Gasteiger partial charge on any atom is 0.433 e. The minimum absolute atomic E-state index is 0.115. The molecule has 40 heavy (non-hydrogen) atoms. The molecule has 1 aliphatic rings. The zero-order valence-electron chi connectivity index (χ0n) is 23.2. The number of halogens is 4. The van der Waals surface area contributed by atoms with Gasteiger partial charge in [0.2, 0.25) is 0 Å². The quantitative estimate of drug-likeness (QED) is 0.111. The van der Waals surface area contributed by atoms with Gasteiger partial charge in [-0.05, 0) is 37.6 Å². The number of ether oxygens (including phenoxy) is 1. The number of azo groups is 1. The highest BCUT2D eigenvalue weighted by atomic mass is 79.9. The Morgan fingerprint density at radius 1 is 1.25 bits per heavy atom. The highest BCUT2D eigenvalue weighted by molar-refractivity contribution is 9.09. The average molecular weight is 629 g/mol. The van der Waals surface area contributed by atoms with Crippen molar-refractivity contribution in [3.05, 3.63) is 65.8 Å². The molecule has 0 radical (unpaired) electrons. The molecule has 1 aliphatic heterocycles. The maximum absolute atomic E-state index is 13.3. The number of carbonyl (C=O) groups excluding carboxylic acids is 1. The summed E-state index contributed by atoms with van der Waals surface area (Å²) in [4.78, 5) is 16.7. The van der Waals surface area contributed by atoms with E-state index in [0.29, 0.717) is 18.8 Å². The van der Waals surface area contributed by atoms with Gasteiger partial charge in [0.15, 0.2) is 6.67 Å². The van der Waals surface area contributed by atoms with Crippen LogP contribution in [-0.4, -0.2) is 52.7 Å². The summed E-state index contributed by atoms with van der Waals surface area (Å²) in [6, 6.07) is 4.43. The Morgan fingerprint density at radius 3 is 2.48 bits per heavy atom. The Labute approximate surface area is 241 Å². The lowest BCUT2D eigenvalue weighted by Crippen LogP contribution is -2.36. The molecule has 1 fully saturated rings. The molecule has 1 saturated heterocycles. The standard InChI is InChI=1S/C17H20F3N7O.C8H11BrO.C2H6/c1-2-15(21)24-23-11-27-14(17(18,19)20)9-13(25-27)12-3-4-16(22-10-12)26-5-7-28-8-6-26;1-2-3-4-8(7-10)5-6-9;1-2/h2-4,9-10H,5-8,11,21H2,1H3;3-5,7H,2,6H2,1H3;1-2H3/b15-2-,24-23-;4-3-,8-5+;. The Morgan fingerprint density at radius 2 is 1.95 bits per heavy atom. The van der Waals surface area contributed by atoms with Crippen LogP contribution in [0, 0.1) is 0 Å². The molecule has 0 unspecified atom stereocenters. The van der Waals surface area contributed by atoms with Crippen LogP contribution in [0.15, 0.2) is 70.3 Å². The number of nitrogens with zero attached hydrogens (tertiary/aromatic N) is 6. The third kappa shape index (κ3) is 11.8. The summed E-state index contributed by atoms with van der Waals surface area (Å²) in [7, 11) is 0. The van der Waals surface area contributed by atoms with Gasteiger partial charge in [0.1, 0.15) is 23.6 Å². The van der Waals surface area contributed by atoms with Gasteiger partial charge in [-0.1, -0.05) is 54.9 Å². The molecular formula is C27H37BrF3N7O2. The van der Waals surface area contributed by atoms with E-state index in [-0.39, 0.29) is 11.5 Å². The van der Waals surface area contributed by atoms with E-state index in [4.69, 9.17) is 10.5 Å². The van der Waals surface area contributed by atoms with E-state index in [1.807, 2.05) is 39.0 Å². The molecule has 3 rings (SSSR count). The van der Waals surface area contributed by atoms with Gasteiger partial charge in [0.25, 0.3) is 0 Å². The van der Waals surface area contributed by atoms with Crippen LogP contribution in [0.3, 0.4) is 0 Å². The van der Waals surface area contributed by atoms with E-state index in [1.165, 1.54) is 12.3 Å². The number of aromatic nitrogens is 3. The zero-order chi connectivity index (χ0) is 30.0. The van der Waals surface area contributed by atoms with Gasteiger partial charge in [0, 0.05) is 35.8 Å². The third-order valence-electron chi connectivity index (χ3n) is 5.12. The predicted molar refractivity (Wildman–Crippen MR) is 155 cm³/mol. The van der Waals surface area contributed by atoms with Gasteiger partial charge >= 0.3 is 6.18 Å². The van der Waals surface area contributed by atoms with Crippen LogP contribution >= 0.6 is 15.9 Å². The second-order valence-electron chi connectivity index (χ2n) is 7.80. The summed E-state index contributed by atoms with van der Waals surface area (Å²) >= 11 is 3.21. The van der Waals surface area contributed by atoms with Gasteiger partial charge in [-0.25, -0.2) is 9.67 Å². The van der Waals surface area contributed by atoms with Crippen LogP contribution in [0.25, 0.3) is 11.3 Å². The number of pyridine rings is 1. The molecule has 2 N–H and O–H groups in total. The van der Waals surface area contributed by atoms with E-state index in [2.05, 4.69) is 41.1 Å². The zero-order valence-corrected chi connectivity index (χ0v) is 24.8. The first kappa shape index (κ1) is 34.7. The molecule has 3 heterocycles. The van der Waals surface area contributed by atoms with Crippen molar-refractivity contribution in [3.63, 3.8) is 0 Å². The summed E-state index contributed by atoms with van der Waals surface area (Å²) < 4.78 is 46.0. The largest absolute Gasteiger partial charge is 0.433 e. The normalized spacial score (nSPS) is 14.6. The molecule has 220 valence electrons. The van der Waals surface area contributed by atoms with Crippen molar-refractivity contribution in [2.24, 2.45) is 16.0 Å². The number of carbonyl (C=O) groups is 1. The lowest BCUT2D eigenvalue weighted by atomic mass is 10.2. The summed E-state index contributed by atoms with van der Waals surface area (Å²) in [6.45, 7) is 9.97. The van der Waals surface area contributed by atoms with Gasteiger partial charge in [-0.2, -0.15) is 23.4 Å². The van der Waals surface area contributed by atoms with Crippen LogP contribution in [0.2, 0.25) is 0 Å². The van der Waals surface area contributed by atoms with Crippen LogP contribution in [0.1, 0.15) is 39.8 Å².